The van der Waals surface area contributed by atoms with Gasteiger partial charge in [-0.15, -0.1) is 0 Å². The zero-order chi connectivity index (χ0) is 13.5. The Morgan fingerprint density at radius 3 is 2.63 bits per heavy atom. The predicted octanol–water partition coefficient (Wildman–Crippen LogP) is 3.17. The maximum atomic E-state index is 5.35. The van der Waals surface area contributed by atoms with Gasteiger partial charge in [0.2, 0.25) is 5.88 Å². The van der Waals surface area contributed by atoms with Crippen LogP contribution in [0.1, 0.15) is 12.5 Å². The summed E-state index contributed by atoms with van der Waals surface area (Å²) in [4.78, 5) is 9.39. The Morgan fingerprint density at radius 1 is 1.16 bits per heavy atom. The Hall–Kier alpha value is -1.59. The maximum absolute atomic E-state index is 5.35. The lowest BCUT2D eigenvalue weighted by atomic mass is 10.2. The summed E-state index contributed by atoms with van der Waals surface area (Å²) in [6.45, 7) is 3.17. The summed E-state index contributed by atoms with van der Waals surface area (Å²) in [5.74, 6) is 0.607. The molecule has 0 aliphatic carbocycles. The van der Waals surface area contributed by atoms with E-state index < -0.39 is 0 Å². The van der Waals surface area contributed by atoms with Crippen LogP contribution in [-0.2, 0) is 11.3 Å². The van der Waals surface area contributed by atoms with Crippen molar-refractivity contribution in [2.75, 3.05) is 13.7 Å². The quantitative estimate of drug-likeness (QED) is 0.758. The average Bonchev–Trinajstić information content (AvgIpc) is 2.42. The molecule has 1 aromatic carbocycles. The second-order valence-electron chi connectivity index (χ2n) is 3.81. The molecule has 0 amide bonds. The van der Waals surface area contributed by atoms with Crippen molar-refractivity contribution in [2.45, 2.75) is 23.5 Å². The second-order valence-corrected chi connectivity index (χ2v) is 4.90. The van der Waals surface area contributed by atoms with Crippen molar-refractivity contribution in [1.82, 2.24) is 9.97 Å². The molecule has 0 spiro atoms. The smallest absolute Gasteiger partial charge is 0.217 e. The van der Waals surface area contributed by atoms with Crippen molar-refractivity contribution in [1.29, 1.82) is 0 Å². The van der Waals surface area contributed by atoms with Crippen LogP contribution in [0.3, 0.4) is 0 Å². The molecule has 0 radical (unpaired) electrons. The predicted molar refractivity (Wildman–Crippen MR) is 74.5 cm³/mol. The number of hydrogen-bond acceptors (Lipinski definition) is 5. The number of methoxy groups -OCH3 is 1. The van der Waals surface area contributed by atoms with E-state index in [1.54, 1.807) is 18.9 Å². The molecule has 1 heterocycles. The van der Waals surface area contributed by atoms with Crippen molar-refractivity contribution in [2.24, 2.45) is 0 Å². The molecule has 2 aromatic rings. The van der Waals surface area contributed by atoms with Crippen LogP contribution < -0.4 is 4.74 Å². The molecule has 0 saturated carbocycles. The third-order valence-electron chi connectivity index (χ3n) is 2.37. The maximum Gasteiger partial charge on any atom is 0.217 e. The SMILES string of the molecule is CCOc1cc(Sc2ccc(COC)cc2)ncn1. The molecule has 5 heteroatoms. The number of nitrogens with zero attached hydrogens (tertiary/aromatic N) is 2. The van der Waals surface area contributed by atoms with Gasteiger partial charge in [0.1, 0.15) is 11.4 Å². The summed E-state index contributed by atoms with van der Waals surface area (Å²) >= 11 is 1.58. The molecule has 2 rings (SSSR count). The van der Waals surface area contributed by atoms with Gasteiger partial charge >= 0.3 is 0 Å². The molecule has 0 fully saturated rings. The fourth-order valence-electron chi connectivity index (χ4n) is 1.55. The lowest BCUT2D eigenvalue weighted by molar-refractivity contribution is 0.185. The van der Waals surface area contributed by atoms with Crippen molar-refractivity contribution in [3.05, 3.63) is 42.2 Å². The van der Waals surface area contributed by atoms with Gasteiger partial charge in [0.25, 0.3) is 0 Å². The lowest BCUT2D eigenvalue weighted by Crippen LogP contribution is -1.95. The molecule has 0 atom stereocenters. The highest BCUT2D eigenvalue weighted by atomic mass is 32.2. The fraction of sp³-hybridized carbons (Fsp3) is 0.286. The molecule has 0 aliphatic rings. The van der Waals surface area contributed by atoms with Gasteiger partial charge in [-0.2, -0.15) is 0 Å². The molecule has 100 valence electrons. The standard InChI is InChI=1S/C14H16N2O2S/c1-3-18-13-8-14(16-10-15-13)19-12-6-4-11(5-7-12)9-17-2/h4-8,10H,3,9H2,1-2H3. The van der Waals surface area contributed by atoms with E-state index in [0.717, 1.165) is 15.5 Å². The normalized spacial score (nSPS) is 10.4. The number of hydrogen-bond donors (Lipinski definition) is 0. The Kier molecular flexibility index (Phi) is 5.18. The van der Waals surface area contributed by atoms with Gasteiger partial charge in [0, 0.05) is 18.1 Å². The molecule has 0 N–H and O–H groups in total. The topological polar surface area (TPSA) is 44.2 Å². The minimum atomic E-state index is 0.604. The van der Waals surface area contributed by atoms with Crippen LogP contribution in [0.25, 0.3) is 0 Å². The molecule has 0 unspecified atom stereocenters. The average molecular weight is 276 g/mol. The second kappa shape index (κ2) is 7.11. The van der Waals surface area contributed by atoms with E-state index in [-0.39, 0.29) is 0 Å². The van der Waals surface area contributed by atoms with Gasteiger partial charge in [-0.1, -0.05) is 23.9 Å². The Morgan fingerprint density at radius 2 is 1.95 bits per heavy atom. The molecule has 19 heavy (non-hydrogen) atoms. The molecule has 0 aliphatic heterocycles. The van der Waals surface area contributed by atoms with Gasteiger partial charge in [-0.25, -0.2) is 9.97 Å². The minimum absolute atomic E-state index is 0.604. The number of rotatable bonds is 6. The summed E-state index contributed by atoms with van der Waals surface area (Å²) in [5.41, 5.74) is 1.16. The van der Waals surface area contributed by atoms with Crippen LogP contribution in [0, 0.1) is 0 Å². The Bertz CT molecular complexity index is 517. The largest absolute Gasteiger partial charge is 0.478 e. The van der Waals surface area contributed by atoms with E-state index in [1.807, 2.05) is 13.0 Å². The van der Waals surface area contributed by atoms with Crippen LogP contribution in [-0.4, -0.2) is 23.7 Å². The van der Waals surface area contributed by atoms with Gasteiger partial charge in [0.15, 0.2) is 0 Å². The first kappa shape index (κ1) is 13.8. The number of ether oxygens (including phenoxy) is 2. The van der Waals surface area contributed by atoms with E-state index in [9.17, 15) is 0 Å². The molecule has 4 nitrogen and oxygen atoms in total. The van der Waals surface area contributed by atoms with Crippen LogP contribution in [0.5, 0.6) is 5.88 Å². The van der Waals surface area contributed by atoms with Gasteiger partial charge in [-0.3, -0.25) is 0 Å². The minimum Gasteiger partial charge on any atom is -0.478 e. The highest BCUT2D eigenvalue weighted by Crippen LogP contribution is 2.27. The van der Waals surface area contributed by atoms with Crippen molar-refractivity contribution < 1.29 is 9.47 Å². The fourth-order valence-corrected chi connectivity index (χ4v) is 2.32. The molecule has 0 saturated heterocycles. The van der Waals surface area contributed by atoms with Crippen LogP contribution in [0.15, 0.2) is 46.6 Å². The first-order chi connectivity index (χ1) is 9.31. The molecular formula is C14H16N2O2S. The third kappa shape index (κ3) is 4.22. The monoisotopic (exact) mass is 276 g/mol. The van der Waals surface area contributed by atoms with E-state index in [0.29, 0.717) is 19.1 Å². The number of aromatic nitrogens is 2. The molecule has 1 aromatic heterocycles. The van der Waals surface area contributed by atoms with Gasteiger partial charge in [-0.05, 0) is 24.6 Å². The van der Waals surface area contributed by atoms with Crippen LogP contribution >= 0.6 is 11.8 Å². The summed E-state index contributed by atoms with van der Waals surface area (Å²) in [7, 11) is 1.69. The Balaban J connectivity index is 2.05. The van der Waals surface area contributed by atoms with Crippen LogP contribution in [0.4, 0.5) is 0 Å². The summed E-state index contributed by atoms with van der Waals surface area (Å²) in [6, 6.07) is 10.1. The van der Waals surface area contributed by atoms with Crippen molar-refractivity contribution >= 4 is 11.8 Å². The van der Waals surface area contributed by atoms with Gasteiger partial charge < -0.3 is 9.47 Å². The summed E-state index contributed by atoms with van der Waals surface area (Å²) < 4.78 is 10.4. The summed E-state index contributed by atoms with van der Waals surface area (Å²) in [6.07, 6.45) is 1.52. The Labute approximate surface area is 117 Å². The summed E-state index contributed by atoms with van der Waals surface area (Å²) in [5, 5.41) is 0.873. The lowest BCUT2D eigenvalue weighted by Gasteiger charge is -2.05. The number of benzene rings is 1. The van der Waals surface area contributed by atoms with E-state index in [1.165, 1.54) is 6.33 Å². The highest BCUT2D eigenvalue weighted by Gasteiger charge is 2.02. The van der Waals surface area contributed by atoms with E-state index in [4.69, 9.17) is 9.47 Å². The zero-order valence-electron chi connectivity index (χ0n) is 11.0. The van der Waals surface area contributed by atoms with E-state index in [2.05, 4.69) is 34.2 Å². The zero-order valence-corrected chi connectivity index (χ0v) is 11.8. The van der Waals surface area contributed by atoms with E-state index >= 15 is 0 Å². The van der Waals surface area contributed by atoms with Crippen molar-refractivity contribution in [3.8, 4) is 5.88 Å². The van der Waals surface area contributed by atoms with Crippen LogP contribution in [0.2, 0.25) is 0 Å². The first-order valence-corrected chi connectivity index (χ1v) is 6.84. The highest BCUT2D eigenvalue weighted by molar-refractivity contribution is 7.99. The first-order valence-electron chi connectivity index (χ1n) is 6.02. The third-order valence-corrected chi connectivity index (χ3v) is 3.31. The molecule has 0 bridgehead atoms. The van der Waals surface area contributed by atoms with Crippen molar-refractivity contribution in [3.63, 3.8) is 0 Å². The molecular weight excluding hydrogens is 260 g/mol. The van der Waals surface area contributed by atoms with Gasteiger partial charge in [0.05, 0.1) is 13.2 Å².